The van der Waals surface area contributed by atoms with Crippen LogP contribution >= 0.6 is 0 Å². The second-order valence-electron chi connectivity index (χ2n) is 6.63. The highest BCUT2D eigenvalue weighted by molar-refractivity contribution is 5.69. The van der Waals surface area contributed by atoms with Gasteiger partial charge in [0.1, 0.15) is 18.2 Å². The molecule has 1 N–H and O–H groups in total. The molecule has 28 heavy (non-hydrogen) atoms. The lowest BCUT2D eigenvalue weighted by Crippen LogP contribution is -2.22. The quantitative estimate of drug-likeness (QED) is 0.781. The Morgan fingerprint density at radius 1 is 1.04 bits per heavy atom. The highest BCUT2D eigenvalue weighted by atomic mass is 19.4. The van der Waals surface area contributed by atoms with Gasteiger partial charge in [0.05, 0.1) is 18.6 Å². The number of benzene rings is 2. The monoisotopic (exact) mass is 398 g/mol. The SMILES string of the molecule is O=C(O)C[C@@H]1COc2cc3c(cc21)OCC(c1cc(F)cc(C(F)(F)F)c1)O3. The van der Waals surface area contributed by atoms with Gasteiger partial charge in [-0.25, -0.2) is 4.39 Å². The molecule has 148 valence electrons. The van der Waals surface area contributed by atoms with Crippen molar-refractivity contribution in [2.75, 3.05) is 13.2 Å². The molecule has 0 radical (unpaired) electrons. The van der Waals surface area contributed by atoms with Crippen molar-refractivity contribution in [3.8, 4) is 17.2 Å². The third-order valence-corrected chi connectivity index (χ3v) is 4.66. The minimum absolute atomic E-state index is 0.00291. The molecule has 0 saturated heterocycles. The number of aliphatic carboxylic acids is 1. The van der Waals surface area contributed by atoms with E-state index in [2.05, 4.69) is 0 Å². The number of carboxylic acid groups (broad SMARTS) is 1. The van der Waals surface area contributed by atoms with Gasteiger partial charge in [-0.2, -0.15) is 13.2 Å². The molecule has 0 saturated carbocycles. The average Bonchev–Trinajstić information content (AvgIpc) is 2.99. The van der Waals surface area contributed by atoms with E-state index in [1.165, 1.54) is 6.07 Å². The number of ether oxygens (including phenoxy) is 3. The fourth-order valence-corrected chi connectivity index (χ4v) is 3.34. The zero-order chi connectivity index (χ0) is 20.1. The summed E-state index contributed by atoms with van der Waals surface area (Å²) >= 11 is 0. The molecule has 0 aromatic heterocycles. The lowest BCUT2D eigenvalue weighted by atomic mass is 9.97. The summed E-state index contributed by atoms with van der Waals surface area (Å²) in [5.74, 6) is -1.29. The van der Waals surface area contributed by atoms with E-state index >= 15 is 0 Å². The van der Waals surface area contributed by atoms with Crippen LogP contribution in [0.2, 0.25) is 0 Å². The predicted octanol–water partition coefficient (Wildman–Crippen LogP) is 4.31. The molecule has 2 heterocycles. The Bertz CT molecular complexity index is 941. The van der Waals surface area contributed by atoms with Gasteiger partial charge in [-0.1, -0.05) is 0 Å². The summed E-state index contributed by atoms with van der Waals surface area (Å²) in [6.07, 6.45) is -5.71. The van der Waals surface area contributed by atoms with Crippen LogP contribution in [0.1, 0.15) is 35.1 Å². The van der Waals surface area contributed by atoms with Crippen LogP contribution in [0.15, 0.2) is 30.3 Å². The van der Waals surface area contributed by atoms with Gasteiger partial charge >= 0.3 is 12.1 Å². The number of alkyl halides is 3. The Hall–Kier alpha value is -2.97. The molecule has 2 aliphatic heterocycles. The van der Waals surface area contributed by atoms with Crippen molar-refractivity contribution >= 4 is 5.97 Å². The molecular formula is C19H14F4O5. The number of carboxylic acids is 1. The second kappa shape index (κ2) is 6.57. The van der Waals surface area contributed by atoms with Gasteiger partial charge in [0, 0.05) is 17.5 Å². The molecule has 0 spiro atoms. The Labute approximate surface area is 156 Å². The van der Waals surface area contributed by atoms with E-state index in [1.807, 2.05) is 0 Å². The van der Waals surface area contributed by atoms with Crippen molar-refractivity contribution in [2.24, 2.45) is 0 Å². The van der Waals surface area contributed by atoms with Gasteiger partial charge in [0.25, 0.3) is 0 Å². The maximum atomic E-state index is 13.7. The van der Waals surface area contributed by atoms with E-state index in [4.69, 9.17) is 19.3 Å². The van der Waals surface area contributed by atoms with Crippen LogP contribution in [-0.4, -0.2) is 24.3 Å². The number of hydrogen-bond acceptors (Lipinski definition) is 4. The van der Waals surface area contributed by atoms with Crippen molar-refractivity contribution < 1.29 is 41.7 Å². The normalized spacial score (nSPS) is 20.4. The van der Waals surface area contributed by atoms with Crippen molar-refractivity contribution in [1.29, 1.82) is 0 Å². The van der Waals surface area contributed by atoms with Gasteiger partial charge < -0.3 is 19.3 Å². The van der Waals surface area contributed by atoms with Crippen LogP contribution in [0.5, 0.6) is 17.2 Å². The Balaban J connectivity index is 1.61. The maximum absolute atomic E-state index is 13.7. The van der Waals surface area contributed by atoms with Crippen LogP contribution in [0, 0.1) is 5.82 Å². The van der Waals surface area contributed by atoms with Crippen LogP contribution in [0.4, 0.5) is 17.6 Å². The number of fused-ring (bicyclic) bond motifs is 2. The second-order valence-corrected chi connectivity index (χ2v) is 6.63. The van der Waals surface area contributed by atoms with Crippen LogP contribution in [0.3, 0.4) is 0 Å². The predicted molar refractivity (Wildman–Crippen MR) is 87.2 cm³/mol. The molecule has 1 unspecified atom stereocenters. The number of carbonyl (C=O) groups is 1. The van der Waals surface area contributed by atoms with E-state index in [0.717, 1.165) is 12.1 Å². The first kappa shape index (κ1) is 18.4. The molecule has 2 aromatic carbocycles. The van der Waals surface area contributed by atoms with Gasteiger partial charge in [-0.3, -0.25) is 4.79 Å². The van der Waals surface area contributed by atoms with Crippen molar-refractivity contribution in [1.82, 2.24) is 0 Å². The lowest BCUT2D eigenvalue weighted by molar-refractivity contribution is -0.138. The van der Waals surface area contributed by atoms with Crippen molar-refractivity contribution in [3.05, 3.63) is 52.8 Å². The summed E-state index contributed by atoms with van der Waals surface area (Å²) in [5, 5.41) is 8.98. The molecule has 5 nitrogen and oxygen atoms in total. The number of halogens is 4. The third-order valence-electron chi connectivity index (χ3n) is 4.66. The molecule has 0 aliphatic carbocycles. The topological polar surface area (TPSA) is 65.0 Å². The van der Waals surface area contributed by atoms with Crippen molar-refractivity contribution in [3.63, 3.8) is 0 Å². The number of hydrogen-bond donors (Lipinski definition) is 1. The molecule has 0 fully saturated rings. The van der Waals surface area contributed by atoms with E-state index < -0.39 is 29.6 Å². The molecule has 2 aromatic rings. The maximum Gasteiger partial charge on any atom is 0.416 e. The first-order valence-electron chi connectivity index (χ1n) is 8.40. The number of rotatable bonds is 3. The average molecular weight is 398 g/mol. The van der Waals surface area contributed by atoms with Crippen molar-refractivity contribution in [2.45, 2.75) is 24.6 Å². The summed E-state index contributed by atoms with van der Waals surface area (Å²) in [5.41, 5.74) is -0.429. The Morgan fingerprint density at radius 3 is 2.50 bits per heavy atom. The zero-order valence-electron chi connectivity index (χ0n) is 14.3. The van der Waals surface area contributed by atoms with Gasteiger partial charge in [-0.05, 0) is 29.8 Å². The standard InChI is InChI=1S/C19H14F4O5/c20-12-2-9(1-11(4-12)19(21,22)23)17-8-27-15-5-13-10(3-18(24)25)7-26-14(13)6-16(15)28-17/h1-2,4-6,10,17H,3,7-8H2,(H,24,25)/t10-,17?/m1/s1. The first-order chi connectivity index (χ1) is 13.2. The molecular weight excluding hydrogens is 384 g/mol. The summed E-state index contributed by atoms with van der Waals surface area (Å²) in [7, 11) is 0. The third kappa shape index (κ3) is 3.44. The fourth-order valence-electron chi connectivity index (χ4n) is 3.34. The molecule has 2 aliphatic rings. The van der Waals surface area contributed by atoms with E-state index in [1.54, 1.807) is 6.07 Å². The Morgan fingerprint density at radius 2 is 1.79 bits per heavy atom. The summed E-state index contributed by atoms with van der Waals surface area (Å²) in [6, 6.07) is 5.36. The summed E-state index contributed by atoms with van der Waals surface area (Å²) in [4.78, 5) is 11.0. The van der Waals surface area contributed by atoms with Gasteiger partial charge in [0.15, 0.2) is 17.6 Å². The first-order valence-corrected chi connectivity index (χ1v) is 8.40. The highest BCUT2D eigenvalue weighted by Gasteiger charge is 2.34. The molecule has 0 amide bonds. The van der Waals surface area contributed by atoms with Crippen LogP contribution in [0.25, 0.3) is 0 Å². The Kier molecular flexibility index (Phi) is 4.32. The van der Waals surface area contributed by atoms with Gasteiger partial charge in [0.2, 0.25) is 0 Å². The molecule has 2 atom stereocenters. The molecule has 4 rings (SSSR count). The van der Waals surface area contributed by atoms with Crippen LogP contribution in [-0.2, 0) is 11.0 Å². The zero-order valence-corrected chi connectivity index (χ0v) is 14.3. The summed E-state index contributed by atoms with van der Waals surface area (Å²) < 4.78 is 69.3. The summed E-state index contributed by atoms with van der Waals surface area (Å²) in [6.45, 7) is 0.0871. The fraction of sp³-hybridized carbons (Fsp3) is 0.316. The minimum atomic E-state index is -4.68. The van der Waals surface area contributed by atoms with Crippen LogP contribution < -0.4 is 14.2 Å². The minimum Gasteiger partial charge on any atom is -0.492 e. The largest absolute Gasteiger partial charge is 0.492 e. The van der Waals surface area contributed by atoms with E-state index in [-0.39, 0.29) is 36.9 Å². The molecule has 9 heteroatoms. The lowest BCUT2D eigenvalue weighted by Gasteiger charge is -2.28. The van der Waals surface area contributed by atoms with E-state index in [9.17, 15) is 22.4 Å². The van der Waals surface area contributed by atoms with E-state index in [0.29, 0.717) is 23.1 Å². The van der Waals surface area contributed by atoms with Gasteiger partial charge in [-0.15, -0.1) is 0 Å². The highest BCUT2D eigenvalue weighted by Crippen LogP contribution is 2.46. The molecule has 0 bridgehead atoms. The smallest absolute Gasteiger partial charge is 0.416 e.